The molecular weight excluding hydrogens is 200 g/mol. The van der Waals surface area contributed by atoms with Crippen molar-refractivity contribution in [1.29, 1.82) is 0 Å². The lowest BCUT2D eigenvalue weighted by atomic mass is 9.95. The molecule has 0 spiro atoms. The number of aliphatic hydroxyl groups is 2. The molecule has 0 fully saturated rings. The second-order valence-corrected chi connectivity index (χ2v) is 4.83. The molecule has 0 aliphatic heterocycles. The molecule has 0 radical (unpaired) electrons. The maximum absolute atomic E-state index is 9.79. The zero-order chi connectivity index (χ0) is 12.2. The number of hydrogen-bond acceptors (Lipinski definition) is 2. The summed E-state index contributed by atoms with van der Waals surface area (Å²) in [5.74, 6) is 0.0834. The number of hydrogen-bond donors (Lipinski definition) is 2. The van der Waals surface area contributed by atoms with Crippen molar-refractivity contribution in [3.05, 3.63) is 0 Å². The van der Waals surface area contributed by atoms with Gasteiger partial charge in [0.1, 0.15) is 0 Å². The molecule has 98 valence electrons. The van der Waals surface area contributed by atoms with Gasteiger partial charge in [-0.3, -0.25) is 0 Å². The molecule has 0 aliphatic carbocycles. The highest BCUT2D eigenvalue weighted by Gasteiger charge is 2.15. The Balaban J connectivity index is 3.30. The van der Waals surface area contributed by atoms with Crippen LogP contribution in [0.3, 0.4) is 0 Å². The fourth-order valence-corrected chi connectivity index (χ4v) is 2.07. The topological polar surface area (TPSA) is 40.5 Å². The zero-order valence-electron chi connectivity index (χ0n) is 11.1. The van der Waals surface area contributed by atoms with Gasteiger partial charge in [0.15, 0.2) is 0 Å². The number of unbranched alkanes of at least 4 members (excludes halogenated alkanes) is 6. The minimum Gasteiger partial charge on any atom is -0.396 e. The van der Waals surface area contributed by atoms with E-state index in [1.165, 1.54) is 38.5 Å². The van der Waals surface area contributed by atoms with Gasteiger partial charge in [0, 0.05) is 12.5 Å². The van der Waals surface area contributed by atoms with Crippen LogP contribution >= 0.6 is 0 Å². The molecule has 0 aliphatic rings. The summed E-state index contributed by atoms with van der Waals surface area (Å²) in [6, 6.07) is 0. The lowest BCUT2D eigenvalue weighted by Gasteiger charge is -2.18. The summed E-state index contributed by atoms with van der Waals surface area (Å²) in [5, 5.41) is 18.8. The third kappa shape index (κ3) is 8.12. The summed E-state index contributed by atoms with van der Waals surface area (Å²) in [6.07, 6.45) is 10.4. The fraction of sp³-hybridized carbons (Fsp3) is 1.00. The van der Waals surface area contributed by atoms with E-state index in [4.69, 9.17) is 5.11 Å². The van der Waals surface area contributed by atoms with Crippen LogP contribution in [0.1, 0.15) is 71.6 Å². The van der Waals surface area contributed by atoms with Gasteiger partial charge in [0.05, 0.1) is 6.10 Å². The van der Waals surface area contributed by atoms with Crippen LogP contribution in [-0.4, -0.2) is 22.9 Å². The third-order valence-corrected chi connectivity index (χ3v) is 3.41. The highest BCUT2D eigenvalue weighted by molar-refractivity contribution is 4.66. The van der Waals surface area contributed by atoms with Crippen LogP contribution in [-0.2, 0) is 0 Å². The Labute approximate surface area is 101 Å². The van der Waals surface area contributed by atoms with E-state index in [9.17, 15) is 5.11 Å². The van der Waals surface area contributed by atoms with Crippen molar-refractivity contribution in [3.8, 4) is 0 Å². The first-order valence-electron chi connectivity index (χ1n) is 7.05. The van der Waals surface area contributed by atoms with Crippen molar-refractivity contribution in [2.75, 3.05) is 6.61 Å². The lowest BCUT2D eigenvalue weighted by molar-refractivity contribution is 0.0569. The van der Waals surface area contributed by atoms with Gasteiger partial charge in [-0.15, -0.1) is 0 Å². The second-order valence-electron chi connectivity index (χ2n) is 4.83. The first-order chi connectivity index (χ1) is 7.76. The number of rotatable bonds is 11. The summed E-state index contributed by atoms with van der Waals surface area (Å²) in [7, 11) is 0. The highest BCUT2D eigenvalue weighted by atomic mass is 16.3. The average Bonchev–Trinajstić information content (AvgIpc) is 2.29. The van der Waals surface area contributed by atoms with Gasteiger partial charge >= 0.3 is 0 Å². The van der Waals surface area contributed by atoms with Gasteiger partial charge < -0.3 is 10.2 Å². The molecule has 0 rings (SSSR count). The Bertz CT molecular complexity index is 133. The van der Waals surface area contributed by atoms with Crippen LogP contribution in [0.2, 0.25) is 0 Å². The van der Waals surface area contributed by atoms with Crippen LogP contribution in [0.15, 0.2) is 0 Å². The van der Waals surface area contributed by atoms with Gasteiger partial charge in [0.25, 0.3) is 0 Å². The van der Waals surface area contributed by atoms with Crippen LogP contribution in [0.5, 0.6) is 0 Å². The molecule has 2 nitrogen and oxygen atoms in total. The molecule has 2 heteroatoms. The molecule has 16 heavy (non-hydrogen) atoms. The quantitative estimate of drug-likeness (QED) is 0.533. The van der Waals surface area contributed by atoms with E-state index in [1.54, 1.807) is 0 Å². The molecular formula is C14H30O2. The number of aliphatic hydroxyl groups excluding tert-OH is 2. The lowest BCUT2D eigenvalue weighted by Crippen LogP contribution is -2.22. The minimum atomic E-state index is -0.300. The monoisotopic (exact) mass is 230 g/mol. The van der Waals surface area contributed by atoms with Gasteiger partial charge in [-0.1, -0.05) is 58.8 Å². The van der Waals surface area contributed by atoms with Gasteiger partial charge in [-0.25, -0.2) is 0 Å². The smallest absolute Gasteiger partial charge is 0.0590 e. The Kier molecular flexibility index (Phi) is 11.3. The molecule has 0 saturated heterocycles. The summed E-state index contributed by atoms with van der Waals surface area (Å²) in [4.78, 5) is 0. The Morgan fingerprint density at radius 2 is 1.44 bits per heavy atom. The molecule has 0 saturated carbocycles. The van der Waals surface area contributed by atoms with Crippen molar-refractivity contribution in [2.24, 2.45) is 5.92 Å². The first kappa shape index (κ1) is 15.9. The normalized spacial score (nSPS) is 15.0. The second kappa shape index (κ2) is 11.4. The minimum absolute atomic E-state index is 0.0834. The van der Waals surface area contributed by atoms with Gasteiger partial charge in [0.2, 0.25) is 0 Å². The van der Waals surface area contributed by atoms with Crippen molar-refractivity contribution >= 4 is 0 Å². The van der Waals surface area contributed by atoms with Crippen molar-refractivity contribution in [3.63, 3.8) is 0 Å². The third-order valence-electron chi connectivity index (χ3n) is 3.41. The molecule has 0 aromatic rings. The van der Waals surface area contributed by atoms with E-state index < -0.39 is 0 Å². The molecule has 2 unspecified atom stereocenters. The molecule has 0 heterocycles. The van der Waals surface area contributed by atoms with Crippen LogP contribution in [0.4, 0.5) is 0 Å². The summed E-state index contributed by atoms with van der Waals surface area (Å²) >= 11 is 0. The van der Waals surface area contributed by atoms with Gasteiger partial charge in [-0.2, -0.15) is 0 Å². The largest absolute Gasteiger partial charge is 0.396 e. The van der Waals surface area contributed by atoms with E-state index >= 15 is 0 Å². The molecule has 0 bridgehead atoms. The van der Waals surface area contributed by atoms with Crippen molar-refractivity contribution in [2.45, 2.75) is 77.7 Å². The molecule has 2 atom stereocenters. The average molecular weight is 230 g/mol. The zero-order valence-corrected chi connectivity index (χ0v) is 11.1. The standard InChI is InChI=1S/C14H30O2/c1-3-5-6-7-8-9-10-11-14(16)13(4-2)12-15/h13-16H,3-12H2,1-2H3. The van der Waals surface area contributed by atoms with E-state index in [2.05, 4.69) is 6.92 Å². The SMILES string of the molecule is CCCCCCCCCC(O)C(CC)CO. The van der Waals surface area contributed by atoms with Crippen LogP contribution in [0, 0.1) is 5.92 Å². The van der Waals surface area contributed by atoms with E-state index in [1.807, 2.05) is 6.92 Å². The summed E-state index contributed by atoms with van der Waals surface area (Å²) in [5.41, 5.74) is 0. The summed E-state index contributed by atoms with van der Waals surface area (Å²) in [6.45, 7) is 4.37. The molecule has 0 amide bonds. The van der Waals surface area contributed by atoms with Crippen LogP contribution in [0.25, 0.3) is 0 Å². The predicted molar refractivity (Wildman–Crippen MR) is 69.5 cm³/mol. The van der Waals surface area contributed by atoms with Crippen molar-refractivity contribution < 1.29 is 10.2 Å². The maximum Gasteiger partial charge on any atom is 0.0590 e. The van der Waals surface area contributed by atoms with Crippen molar-refractivity contribution in [1.82, 2.24) is 0 Å². The molecule has 0 aromatic carbocycles. The molecule has 2 N–H and O–H groups in total. The molecule has 0 aromatic heterocycles. The van der Waals surface area contributed by atoms with Crippen LogP contribution < -0.4 is 0 Å². The Morgan fingerprint density at radius 1 is 0.875 bits per heavy atom. The Hall–Kier alpha value is -0.0800. The Morgan fingerprint density at radius 3 is 1.94 bits per heavy atom. The van der Waals surface area contributed by atoms with E-state index in [-0.39, 0.29) is 18.6 Å². The summed E-state index contributed by atoms with van der Waals surface area (Å²) < 4.78 is 0. The predicted octanol–water partition coefficient (Wildman–Crippen LogP) is 3.51. The maximum atomic E-state index is 9.79. The van der Waals surface area contributed by atoms with E-state index in [0.29, 0.717) is 0 Å². The highest BCUT2D eigenvalue weighted by Crippen LogP contribution is 2.15. The first-order valence-corrected chi connectivity index (χ1v) is 7.05. The van der Waals surface area contributed by atoms with Gasteiger partial charge in [-0.05, 0) is 12.8 Å². The fourth-order valence-electron chi connectivity index (χ4n) is 2.07. The van der Waals surface area contributed by atoms with E-state index in [0.717, 1.165) is 19.3 Å².